The zero-order chi connectivity index (χ0) is 10.5. The van der Waals surface area contributed by atoms with Crippen molar-refractivity contribution in [1.82, 2.24) is 0 Å². The molecule has 0 bridgehead atoms. The lowest BCUT2D eigenvalue weighted by Gasteiger charge is -2.06. The molecule has 0 radical (unpaired) electrons. The van der Waals surface area contributed by atoms with Crippen molar-refractivity contribution in [2.75, 3.05) is 0 Å². The number of nitrogens with zero attached hydrogens (tertiary/aromatic N) is 1. The van der Waals surface area contributed by atoms with Gasteiger partial charge < -0.3 is 0 Å². The van der Waals surface area contributed by atoms with E-state index in [9.17, 15) is 0 Å². The quantitative estimate of drug-likeness (QED) is 0.708. The average molecular weight is 213 g/mol. The van der Waals surface area contributed by atoms with E-state index in [-0.39, 0.29) is 11.3 Å². The van der Waals surface area contributed by atoms with E-state index in [2.05, 4.69) is 42.6 Å². The Labute approximate surface area is 93.0 Å². The van der Waals surface area contributed by atoms with Gasteiger partial charge in [0.1, 0.15) is 0 Å². The maximum atomic E-state index is 8.97. The third kappa shape index (κ3) is 1.13. The topological polar surface area (TPSA) is 23.8 Å². The summed E-state index contributed by atoms with van der Waals surface area (Å²) in [6.07, 6.45) is 1.02. The molecule has 1 heterocycles. The molecule has 0 saturated heterocycles. The van der Waals surface area contributed by atoms with E-state index in [1.807, 2.05) is 0 Å². The van der Waals surface area contributed by atoms with Gasteiger partial charge in [0.2, 0.25) is 0 Å². The number of hydrogen-bond donors (Lipinski definition) is 0. The van der Waals surface area contributed by atoms with Crippen molar-refractivity contribution in [1.29, 1.82) is 5.26 Å². The predicted molar refractivity (Wildman–Crippen MR) is 62.9 cm³/mol. The zero-order valence-electron chi connectivity index (χ0n) is 8.53. The highest BCUT2D eigenvalue weighted by atomic mass is 32.1. The Kier molecular flexibility index (Phi) is 1.69. The SMILES string of the molecule is CC1(c2csc3ccccc23)CC1C#N. The molecule has 1 aliphatic rings. The number of rotatable bonds is 1. The zero-order valence-corrected chi connectivity index (χ0v) is 9.34. The van der Waals surface area contributed by atoms with E-state index >= 15 is 0 Å². The summed E-state index contributed by atoms with van der Waals surface area (Å²) in [7, 11) is 0. The number of thiophene rings is 1. The highest BCUT2D eigenvalue weighted by Gasteiger charge is 2.52. The minimum absolute atomic E-state index is 0.119. The van der Waals surface area contributed by atoms with Gasteiger partial charge in [0.15, 0.2) is 0 Å². The fourth-order valence-corrected chi connectivity index (χ4v) is 3.37. The summed E-state index contributed by atoms with van der Waals surface area (Å²) in [4.78, 5) is 0. The standard InChI is InChI=1S/C13H11NS/c1-13(6-9(13)7-14)11-8-15-12-5-3-2-4-10(11)12/h2-5,8-9H,6H2,1H3. The molecule has 1 nitrogen and oxygen atoms in total. The predicted octanol–water partition coefficient (Wildman–Crippen LogP) is 3.70. The van der Waals surface area contributed by atoms with E-state index < -0.39 is 0 Å². The fourth-order valence-electron chi connectivity index (χ4n) is 2.27. The van der Waals surface area contributed by atoms with Crippen LogP contribution >= 0.6 is 11.3 Å². The molecule has 0 amide bonds. The number of fused-ring (bicyclic) bond motifs is 1. The van der Waals surface area contributed by atoms with Crippen LogP contribution in [0.5, 0.6) is 0 Å². The molecule has 0 N–H and O–H groups in total. The molecule has 2 heteroatoms. The Bertz CT molecular complexity index is 563. The van der Waals surface area contributed by atoms with E-state index in [0.717, 1.165) is 6.42 Å². The summed E-state index contributed by atoms with van der Waals surface area (Å²) < 4.78 is 1.33. The molecule has 0 spiro atoms. The summed E-state index contributed by atoms with van der Waals surface area (Å²) in [5, 5.41) is 12.5. The van der Waals surface area contributed by atoms with Gasteiger partial charge in [-0.2, -0.15) is 5.26 Å². The Morgan fingerprint density at radius 1 is 1.47 bits per heavy atom. The van der Waals surface area contributed by atoms with Crippen LogP contribution < -0.4 is 0 Å². The molecule has 1 aromatic carbocycles. The van der Waals surface area contributed by atoms with Crippen molar-refractivity contribution in [3.8, 4) is 6.07 Å². The lowest BCUT2D eigenvalue weighted by Crippen LogP contribution is -2.01. The van der Waals surface area contributed by atoms with Gasteiger partial charge in [0.05, 0.1) is 12.0 Å². The molecule has 74 valence electrons. The molecule has 1 saturated carbocycles. The van der Waals surface area contributed by atoms with E-state index in [1.165, 1.54) is 15.6 Å². The van der Waals surface area contributed by atoms with Crippen molar-refractivity contribution in [2.24, 2.45) is 5.92 Å². The van der Waals surface area contributed by atoms with Gasteiger partial charge in [0.25, 0.3) is 0 Å². The van der Waals surface area contributed by atoms with Gasteiger partial charge in [0, 0.05) is 10.1 Å². The first kappa shape index (κ1) is 8.94. The number of benzene rings is 1. The lowest BCUT2D eigenvalue weighted by atomic mass is 9.95. The highest BCUT2D eigenvalue weighted by Crippen LogP contribution is 2.56. The number of hydrogen-bond acceptors (Lipinski definition) is 2. The Morgan fingerprint density at radius 2 is 2.27 bits per heavy atom. The summed E-state index contributed by atoms with van der Waals surface area (Å²) >= 11 is 1.78. The van der Waals surface area contributed by atoms with Crippen LogP contribution in [0.15, 0.2) is 29.6 Å². The lowest BCUT2D eigenvalue weighted by molar-refractivity contribution is 0.752. The average Bonchev–Trinajstić information content (AvgIpc) is 2.76. The normalized spacial score (nSPS) is 28.9. The third-order valence-corrected chi connectivity index (χ3v) is 4.45. The summed E-state index contributed by atoms with van der Waals surface area (Å²) in [6.45, 7) is 2.20. The van der Waals surface area contributed by atoms with E-state index in [1.54, 1.807) is 11.3 Å². The molecule has 1 aliphatic carbocycles. The van der Waals surface area contributed by atoms with E-state index in [4.69, 9.17) is 5.26 Å². The molecule has 1 fully saturated rings. The van der Waals surface area contributed by atoms with Crippen LogP contribution in [-0.2, 0) is 5.41 Å². The first-order chi connectivity index (χ1) is 7.25. The summed E-state index contributed by atoms with van der Waals surface area (Å²) in [5.74, 6) is 0.218. The Balaban J connectivity index is 2.18. The van der Waals surface area contributed by atoms with Crippen LogP contribution in [0, 0.1) is 17.2 Å². The van der Waals surface area contributed by atoms with Crippen LogP contribution in [0.1, 0.15) is 18.9 Å². The molecule has 15 heavy (non-hydrogen) atoms. The second-order valence-electron chi connectivity index (χ2n) is 4.45. The maximum Gasteiger partial charge on any atom is 0.0665 e. The molecular weight excluding hydrogens is 202 g/mol. The van der Waals surface area contributed by atoms with Crippen LogP contribution in [0.4, 0.5) is 0 Å². The van der Waals surface area contributed by atoms with Gasteiger partial charge >= 0.3 is 0 Å². The maximum absolute atomic E-state index is 8.97. The molecule has 0 aliphatic heterocycles. The van der Waals surface area contributed by atoms with Gasteiger partial charge in [-0.05, 0) is 28.8 Å². The molecule has 3 rings (SSSR count). The van der Waals surface area contributed by atoms with Crippen molar-refractivity contribution < 1.29 is 0 Å². The minimum atomic E-state index is 0.119. The Hall–Kier alpha value is -1.33. The third-order valence-electron chi connectivity index (χ3n) is 3.49. The smallest absolute Gasteiger partial charge is 0.0665 e. The number of nitriles is 1. The van der Waals surface area contributed by atoms with Crippen molar-refractivity contribution in [3.05, 3.63) is 35.2 Å². The van der Waals surface area contributed by atoms with Gasteiger partial charge in [-0.25, -0.2) is 0 Å². The van der Waals surface area contributed by atoms with Crippen LogP contribution in [-0.4, -0.2) is 0 Å². The van der Waals surface area contributed by atoms with Crippen LogP contribution in [0.2, 0.25) is 0 Å². The van der Waals surface area contributed by atoms with Gasteiger partial charge in [-0.1, -0.05) is 25.1 Å². The Morgan fingerprint density at radius 3 is 3.00 bits per heavy atom. The molecule has 2 atom stereocenters. The van der Waals surface area contributed by atoms with Crippen LogP contribution in [0.25, 0.3) is 10.1 Å². The molecular formula is C13H11NS. The van der Waals surface area contributed by atoms with E-state index in [0.29, 0.717) is 0 Å². The van der Waals surface area contributed by atoms with Crippen molar-refractivity contribution >= 4 is 21.4 Å². The molecule has 2 aromatic rings. The highest BCUT2D eigenvalue weighted by molar-refractivity contribution is 7.17. The largest absolute Gasteiger partial charge is 0.198 e. The minimum Gasteiger partial charge on any atom is -0.198 e. The second-order valence-corrected chi connectivity index (χ2v) is 5.36. The van der Waals surface area contributed by atoms with Gasteiger partial charge in [-0.15, -0.1) is 11.3 Å². The fraction of sp³-hybridized carbons (Fsp3) is 0.308. The van der Waals surface area contributed by atoms with Crippen molar-refractivity contribution in [3.63, 3.8) is 0 Å². The first-order valence-electron chi connectivity index (χ1n) is 5.12. The first-order valence-corrected chi connectivity index (χ1v) is 6.00. The summed E-state index contributed by atoms with van der Waals surface area (Å²) in [5.41, 5.74) is 1.49. The monoisotopic (exact) mass is 213 g/mol. The molecule has 1 aromatic heterocycles. The second kappa shape index (κ2) is 2.84. The van der Waals surface area contributed by atoms with Crippen molar-refractivity contribution in [2.45, 2.75) is 18.8 Å². The molecule has 2 unspecified atom stereocenters. The van der Waals surface area contributed by atoms with Gasteiger partial charge in [-0.3, -0.25) is 0 Å². The van der Waals surface area contributed by atoms with Crippen LogP contribution in [0.3, 0.4) is 0 Å². The summed E-state index contributed by atoms with van der Waals surface area (Å²) in [6, 6.07) is 10.8.